The van der Waals surface area contributed by atoms with E-state index >= 15 is 0 Å². The summed E-state index contributed by atoms with van der Waals surface area (Å²) in [4.78, 5) is 21.3. The number of amides is 2. The topological polar surface area (TPSA) is 61.8 Å². The van der Waals surface area contributed by atoms with Crippen molar-refractivity contribution in [2.75, 3.05) is 19.8 Å². The quantitative estimate of drug-likeness (QED) is 0.560. The Morgan fingerprint density at radius 3 is 2.43 bits per heavy atom. The van der Waals surface area contributed by atoms with Crippen molar-refractivity contribution in [2.24, 2.45) is 10.7 Å². The number of hydrogen-bond acceptors (Lipinski definition) is 3. The largest absolute Gasteiger partial charge is 0.340 e. The van der Waals surface area contributed by atoms with E-state index in [9.17, 15) is 14.1 Å². The average molecular weight is 205 g/mol. The summed E-state index contributed by atoms with van der Waals surface area (Å²) in [5, 5.41) is 5.43. The number of nitroso groups, excluding NO2 is 1. The van der Waals surface area contributed by atoms with Gasteiger partial charge in [0.05, 0.1) is 11.8 Å². The van der Waals surface area contributed by atoms with Gasteiger partial charge in [-0.05, 0) is 5.41 Å². The van der Waals surface area contributed by atoms with Crippen LogP contribution in [0.2, 0.25) is 0 Å². The molecule has 0 aliphatic carbocycles. The summed E-state index contributed by atoms with van der Waals surface area (Å²) in [6.45, 7) is 5.11. The molecule has 0 aliphatic heterocycles. The zero-order chi connectivity index (χ0) is 11.2. The maximum absolute atomic E-state index is 11.8. The number of halogens is 1. The molecule has 0 bridgehead atoms. The van der Waals surface area contributed by atoms with Crippen LogP contribution in [0.1, 0.15) is 20.8 Å². The molecule has 14 heavy (non-hydrogen) atoms. The summed E-state index contributed by atoms with van der Waals surface area (Å²) in [6, 6.07) is -0.660. The van der Waals surface area contributed by atoms with Crippen molar-refractivity contribution in [1.82, 2.24) is 10.3 Å². The molecule has 0 radical (unpaired) electrons. The summed E-state index contributed by atoms with van der Waals surface area (Å²) in [5.74, 6) is 0. The molecule has 0 aromatic heterocycles. The zero-order valence-electron chi connectivity index (χ0n) is 8.71. The third-order valence-electron chi connectivity index (χ3n) is 1.40. The van der Waals surface area contributed by atoms with Crippen LogP contribution >= 0.6 is 0 Å². The van der Waals surface area contributed by atoms with Crippen LogP contribution in [-0.2, 0) is 0 Å². The lowest BCUT2D eigenvalue weighted by molar-refractivity contribution is 0.189. The first-order valence-electron chi connectivity index (χ1n) is 4.35. The molecule has 1 N–H and O–H groups in total. The van der Waals surface area contributed by atoms with E-state index in [2.05, 4.69) is 10.6 Å². The Morgan fingerprint density at radius 2 is 2.07 bits per heavy atom. The number of nitrogens with one attached hydrogen (secondary N) is 1. The summed E-state index contributed by atoms with van der Waals surface area (Å²) in [7, 11) is 0. The van der Waals surface area contributed by atoms with E-state index in [1.54, 1.807) is 0 Å². The Kier molecular flexibility index (Phi) is 5.04. The maximum atomic E-state index is 11.8. The first-order chi connectivity index (χ1) is 6.40. The van der Waals surface area contributed by atoms with Crippen molar-refractivity contribution in [1.29, 1.82) is 0 Å². The summed E-state index contributed by atoms with van der Waals surface area (Å²) in [6.07, 6.45) is 0. The fourth-order valence-electron chi connectivity index (χ4n) is 0.692. The molecular weight excluding hydrogens is 189 g/mol. The van der Waals surface area contributed by atoms with Gasteiger partial charge in [0.1, 0.15) is 6.67 Å². The van der Waals surface area contributed by atoms with E-state index in [4.69, 9.17) is 0 Å². The highest BCUT2D eigenvalue weighted by Crippen LogP contribution is 2.10. The minimum Gasteiger partial charge on any atom is -0.336 e. The molecule has 0 aromatic carbocycles. The molecule has 0 unspecified atom stereocenters. The van der Waals surface area contributed by atoms with Gasteiger partial charge in [-0.1, -0.05) is 20.8 Å². The highest BCUT2D eigenvalue weighted by Gasteiger charge is 2.16. The van der Waals surface area contributed by atoms with Gasteiger partial charge in [0.15, 0.2) is 0 Å². The van der Waals surface area contributed by atoms with E-state index in [-0.39, 0.29) is 12.0 Å². The Bertz CT molecular complexity index is 203. The van der Waals surface area contributed by atoms with Gasteiger partial charge < -0.3 is 5.32 Å². The van der Waals surface area contributed by atoms with Gasteiger partial charge >= 0.3 is 6.03 Å². The second-order valence-corrected chi connectivity index (χ2v) is 4.11. The first kappa shape index (κ1) is 12.8. The highest BCUT2D eigenvalue weighted by atomic mass is 19.1. The minimum absolute atomic E-state index is 0.0834. The van der Waals surface area contributed by atoms with Crippen molar-refractivity contribution in [3.63, 3.8) is 0 Å². The van der Waals surface area contributed by atoms with Crippen LogP contribution < -0.4 is 5.32 Å². The van der Waals surface area contributed by atoms with Gasteiger partial charge in [-0.3, -0.25) is 0 Å². The van der Waals surface area contributed by atoms with Crippen molar-refractivity contribution in [2.45, 2.75) is 20.8 Å². The van der Waals surface area contributed by atoms with Crippen LogP contribution in [0.15, 0.2) is 5.29 Å². The molecule has 82 valence electrons. The van der Waals surface area contributed by atoms with Gasteiger partial charge in [0.25, 0.3) is 0 Å². The lowest BCUT2D eigenvalue weighted by Gasteiger charge is -2.20. The molecule has 0 fully saturated rings. The van der Waals surface area contributed by atoms with Crippen molar-refractivity contribution in [3.05, 3.63) is 4.91 Å². The number of carbonyl (C=O) groups excluding carboxylic acids is 1. The van der Waals surface area contributed by atoms with E-state index in [1.165, 1.54) is 0 Å². The SMILES string of the molecule is CC(C)(C)CNC(=O)N(CCF)N=O. The summed E-state index contributed by atoms with van der Waals surface area (Å²) < 4.78 is 11.8. The number of rotatable bonds is 4. The van der Waals surface area contributed by atoms with Crippen molar-refractivity contribution >= 4 is 6.03 Å². The Balaban J connectivity index is 3.99. The number of alkyl halides is 1. The number of hydrogen-bond donors (Lipinski definition) is 1. The maximum Gasteiger partial charge on any atom is 0.340 e. The molecule has 0 saturated carbocycles. The fourth-order valence-corrected chi connectivity index (χ4v) is 0.692. The molecule has 0 aromatic rings. The third-order valence-corrected chi connectivity index (χ3v) is 1.40. The lowest BCUT2D eigenvalue weighted by atomic mass is 9.97. The lowest BCUT2D eigenvalue weighted by Crippen LogP contribution is -2.41. The van der Waals surface area contributed by atoms with Crippen LogP contribution in [0.4, 0.5) is 9.18 Å². The Hall–Kier alpha value is -1.20. The molecular formula is C8H16FN3O2. The molecule has 2 amide bonds. The van der Waals surface area contributed by atoms with Gasteiger partial charge in [-0.2, -0.15) is 5.01 Å². The van der Waals surface area contributed by atoms with Gasteiger partial charge in [0.2, 0.25) is 0 Å². The molecule has 0 saturated heterocycles. The van der Waals surface area contributed by atoms with Gasteiger partial charge in [0, 0.05) is 6.54 Å². The molecule has 0 atom stereocenters. The molecule has 0 aliphatic rings. The predicted molar refractivity (Wildman–Crippen MR) is 51.3 cm³/mol. The van der Waals surface area contributed by atoms with E-state index in [0.29, 0.717) is 11.6 Å². The third kappa shape index (κ3) is 5.45. The summed E-state index contributed by atoms with van der Waals surface area (Å²) >= 11 is 0. The van der Waals surface area contributed by atoms with E-state index < -0.39 is 12.7 Å². The number of urea groups is 1. The van der Waals surface area contributed by atoms with Crippen molar-refractivity contribution < 1.29 is 9.18 Å². The molecule has 0 rings (SSSR count). The van der Waals surface area contributed by atoms with Crippen LogP contribution in [-0.4, -0.2) is 30.8 Å². The molecule has 5 nitrogen and oxygen atoms in total. The highest BCUT2D eigenvalue weighted by molar-refractivity contribution is 5.73. The fraction of sp³-hybridized carbons (Fsp3) is 0.875. The second-order valence-electron chi connectivity index (χ2n) is 4.11. The van der Waals surface area contributed by atoms with Crippen LogP contribution in [0.25, 0.3) is 0 Å². The Labute approximate surface area is 82.6 Å². The minimum atomic E-state index is -0.783. The molecule has 6 heteroatoms. The second kappa shape index (κ2) is 5.51. The van der Waals surface area contributed by atoms with Crippen LogP contribution in [0.3, 0.4) is 0 Å². The molecule has 0 heterocycles. The van der Waals surface area contributed by atoms with Crippen LogP contribution in [0, 0.1) is 10.3 Å². The predicted octanol–water partition coefficient (Wildman–Crippen LogP) is 1.69. The summed E-state index contributed by atoms with van der Waals surface area (Å²) in [5.41, 5.74) is -0.0834. The van der Waals surface area contributed by atoms with Crippen molar-refractivity contribution in [3.8, 4) is 0 Å². The smallest absolute Gasteiger partial charge is 0.336 e. The van der Waals surface area contributed by atoms with Crippen LogP contribution in [0.5, 0.6) is 0 Å². The normalized spacial score (nSPS) is 10.9. The van der Waals surface area contributed by atoms with Gasteiger partial charge in [-0.25, -0.2) is 9.18 Å². The Morgan fingerprint density at radius 1 is 1.50 bits per heavy atom. The van der Waals surface area contributed by atoms with Gasteiger partial charge in [-0.15, -0.1) is 4.91 Å². The first-order valence-corrected chi connectivity index (χ1v) is 4.35. The monoisotopic (exact) mass is 205 g/mol. The number of nitrogens with zero attached hydrogens (tertiary/aromatic N) is 2. The molecule has 0 spiro atoms. The van der Waals surface area contributed by atoms with E-state index in [0.717, 1.165) is 0 Å². The zero-order valence-corrected chi connectivity index (χ0v) is 8.71. The standard InChI is InChI=1S/C8H16FN3O2/c1-8(2,3)6-10-7(13)12(11-14)5-4-9/h4-6H2,1-3H3,(H,10,13). The number of carbonyl (C=O) groups is 1. The van der Waals surface area contributed by atoms with E-state index in [1.807, 2.05) is 20.8 Å². The average Bonchev–Trinajstić information content (AvgIpc) is 2.09.